The van der Waals surface area contributed by atoms with Crippen LogP contribution in [0.1, 0.15) is 23.0 Å². The lowest BCUT2D eigenvalue weighted by Crippen LogP contribution is -2.29. The molecule has 0 saturated heterocycles. The molecule has 1 N–H and O–H groups in total. The number of aromatic nitrogens is 1. The third kappa shape index (κ3) is 5.18. The molecule has 0 bridgehead atoms. The smallest absolute Gasteiger partial charge is 0.240 e. The van der Waals surface area contributed by atoms with Gasteiger partial charge in [-0.05, 0) is 61.0 Å². The Kier molecular flexibility index (Phi) is 6.78. The van der Waals surface area contributed by atoms with E-state index < -0.39 is 10.0 Å². The highest BCUT2D eigenvalue weighted by molar-refractivity contribution is 7.89. The first-order valence-corrected chi connectivity index (χ1v) is 14.1. The van der Waals surface area contributed by atoms with Gasteiger partial charge in [0.2, 0.25) is 10.0 Å². The van der Waals surface area contributed by atoms with E-state index in [1.54, 1.807) is 41.4 Å². The number of nitrogens with zero attached hydrogens (tertiary/aromatic N) is 3. The molecule has 0 radical (unpaired) electrons. The summed E-state index contributed by atoms with van der Waals surface area (Å²) in [6.45, 7) is 1.96. The summed E-state index contributed by atoms with van der Waals surface area (Å²) in [5.41, 5.74) is 3.12. The Bertz CT molecular complexity index is 1550. The number of anilines is 1. The van der Waals surface area contributed by atoms with Crippen LogP contribution in [0.5, 0.6) is 0 Å². The summed E-state index contributed by atoms with van der Waals surface area (Å²) in [5.74, 6) is 0. The third-order valence-electron chi connectivity index (χ3n) is 5.63. The fraction of sp³-hybridized carbons (Fsp3) is 0.167. The van der Waals surface area contributed by atoms with E-state index in [4.69, 9.17) is 39.9 Å². The molecule has 2 heterocycles. The van der Waals surface area contributed by atoms with Crippen molar-refractivity contribution in [2.24, 2.45) is 5.10 Å². The molecule has 6 nitrogen and oxygen atoms in total. The van der Waals surface area contributed by atoms with Crippen molar-refractivity contribution in [2.75, 3.05) is 11.6 Å². The summed E-state index contributed by atoms with van der Waals surface area (Å²) in [5, 5.41) is 9.03. The SMILES string of the molecule is Cc1nc2ccc(S(=O)(=O)NCC3=NN(c4ccc(Cl)cc4Cl)C(c4ccc(Cl)cc4)C3)cc2s1. The van der Waals surface area contributed by atoms with Crippen molar-refractivity contribution in [3.8, 4) is 0 Å². The van der Waals surface area contributed by atoms with Crippen LogP contribution in [0, 0.1) is 6.92 Å². The van der Waals surface area contributed by atoms with Gasteiger partial charge < -0.3 is 0 Å². The number of hydrogen-bond acceptors (Lipinski definition) is 6. The monoisotopic (exact) mass is 564 g/mol. The van der Waals surface area contributed by atoms with E-state index in [1.807, 2.05) is 31.2 Å². The highest BCUT2D eigenvalue weighted by Gasteiger charge is 2.31. The molecular formula is C24H19Cl3N4O2S2. The fourth-order valence-electron chi connectivity index (χ4n) is 3.96. The molecule has 35 heavy (non-hydrogen) atoms. The van der Waals surface area contributed by atoms with Crippen LogP contribution in [0.3, 0.4) is 0 Å². The summed E-state index contributed by atoms with van der Waals surface area (Å²) in [4.78, 5) is 4.58. The zero-order valence-corrected chi connectivity index (χ0v) is 22.3. The van der Waals surface area contributed by atoms with Gasteiger partial charge in [-0.25, -0.2) is 18.1 Å². The number of benzene rings is 3. The van der Waals surface area contributed by atoms with E-state index in [0.29, 0.717) is 32.9 Å². The molecule has 5 rings (SSSR count). The lowest BCUT2D eigenvalue weighted by molar-refractivity contribution is 0.586. The van der Waals surface area contributed by atoms with Crippen LogP contribution in [-0.4, -0.2) is 25.7 Å². The van der Waals surface area contributed by atoms with Crippen molar-refractivity contribution in [3.05, 3.63) is 86.3 Å². The summed E-state index contributed by atoms with van der Waals surface area (Å²) in [7, 11) is -3.75. The van der Waals surface area contributed by atoms with Crippen LogP contribution < -0.4 is 9.73 Å². The first kappa shape index (κ1) is 24.5. The molecule has 180 valence electrons. The van der Waals surface area contributed by atoms with E-state index in [-0.39, 0.29) is 17.5 Å². The topological polar surface area (TPSA) is 74.7 Å². The lowest BCUT2D eigenvalue weighted by atomic mass is 10.0. The van der Waals surface area contributed by atoms with Crippen molar-refractivity contribution >= 4 is 77.8 Å². The van der Waals surface area contributed by atoms with Gasteiger partial charge in [0, 0.05) is 16.5 Å². The van der Waals surface area contributed by atoms with Crippen molar-refractivity contribution in [3.63, 3.8) is 0 Å². The Hall–Kier alpha value is -2.20. The number of hydrazone groups is 1. The van der Waals surface area contributed by atoms with Gasteiger partial charge in [0.05, 0.1) is 49.1 Å². The zero-order valence-electron chi connectivity index (χ0n) is 18.4. The second-order valence-electron chi connectivity index (χ2n) is 8.06. The molecule has 0 fully saturated rings. The number of halogens is 3. The van der Waals surface area contributed by atoms with Crippen LogP contribution in [0.15, 0.2) is 70.7 Å². The van der Waals surface area contributed by atoms with Gasteiger partial charge >= 0.3 is 0 Å². The highest BCUT2D eigenvalue weighted by atomic mass is 35.5. The van der Waals surface area contributed by atoms with Crippen LogP contribution in [0.25, 0.3) is 10.2 Å². The van der Waals surface area contributed by atoms with Gasteiger partial charge in [0.1, 0.15) is 0 Å². The van der Waals surface area contributed by atoms with Crippen molar-refractivity contribution < 1.29 is 8.42 Å². The van der Waals surface area contributed by atoms with E-state index >= 15 is 0 Å². The second-order valence-corrected chi connectivity index (χ2v) is 12.3. The first-order valence-electron chi connectivity index (χ1n) is 10.6. The van der Waals surface area contributed by atoms with Crippen LogP contribution >= 0.6 is 46.1 Å². The summed E-state index contributed by atoms with van der Waals surface area (Å²) in [6.07, 6.45) is 0.510. The Labute approximate surface area is 222 Å². The minimum atomic E-state index is -3.75. The minimum absolute atomic E-state index is 0.0634. The first-order chi connectivity index (χ1) is 16.7. The molecule has 4 aromatic rings. The molecule has 1 aliphatic heterocycles. The predicted octanol–water partition coefficient (Wildman–Crippen LogP) is 6.85. The maximum atomic E-state index is 13.0. The molecule has 1 aromatic heterocycles. The average molecular weight is 566 g/mol. The van der Waals surface area contributed by atoms with Crippen molar-refractivity contribution in [1.82, 2.24) is 9.71 Å². The molecule has 1 atom stereocenters. The molecule has 0 saturated carbocycles. The summed E-state index contributed by atoms with van der Waals surface area (Å²) in [6, 6.07) is 17.5. The van der Waals surface area contributed by atoms with Crippen LogP contribution in [-0.2, 0) is 10.0 Å². The summed E-state index contributed by atoms with van der Waals surface area (Å²) >= 11 is 20.1. The van der Waals surface area contributed by atoms with Crippen molar-refractivity contribution in [1.29, 1.82) is 0 Å². The third-order valence-corrected chi connectivity index (χ3v) is 8.75. The largest absolute Gasteiger partial charge is 0.256 e. The van der Waals surface area contributed by atoms with Crippen LogP contribution in [0.2, 0.25) is 15.1 Å². The standard InChI is InChI=1S/C24H19Cl3N4O2S2/c1-14-29-21-8-7-19(12-24(21)34-14)35(32,33)28-13-18-11-23(15-2-4-16(25)5-3-15)31(30-18)22-9-6-17(26)10-20(22)27/h2-10,12,23,28H,11,13H2,1H3. The van der Waals surface area contributed by atoms with Crippen LogP contribution in [0.4, 0.5) is 5.69 Å². The molecule has 0 amide bonds. The van der Waals surface area contributed by atoms with Gasteiger partial charge in [-0.2, -0.15) is 5.10 Å². The van der Waals surface area contributed by atoms with Crippen molar-refractivity contribution in [2.45, 2.75) is 24.3 Å². The number of thiazole rings is 1. The molecule has 1 aliphatic rings. The van der Waals surface area contributed by atoms with Gasteiger partial charge in [0.25, 0.3) is 0 Å². The van der Waals surface area contributed by atoms with E-state index in [9.17, 15) is 8.42 Å². The Morgan fingerprint density at radius 1 is 1.03 bits per heavy atom. The Morgan fingerprint density at radius 3 is 2.51 bits per heavy atom. The Morgan fingerprint density at radius 2 is 1.77 bits per heavy atom. The summed E-state index contributed by atoms with van der Waals surface area (Å²) < 4.78 is 29.6. The number of nitrogens with one attached hydrogen (secondary N) is 1. The maximum absolute atomic E-state index is 13.0. The lowest BCUT2D eigenvalue weighted by Gasteiger charge is -2.25. The molecule has 11 heteroatoms. The number of hydrogen-bond donors (Lipinski definition) is 1. The molecule has 0 aliphatic carbocycles. The molecular weight excluding hydrogens is 547 g/mol. The normalized spacial score (nSPS) is 16.2. The number of fused-ring (bicyclic) bond motifs is 1. The fourth-order valence-corrected chi connectivity index (χ4v) is 6.57. The van der Waals surface area contributed by atoms with E-state index in [1.165, 1.54) is 11.3 Å². The quantitative estimate of drug-likeness (QED) is 0.277. The Balaban J connectivity index is 1.41. The second kappa shape index (κ2) is 9.69. The van der Waals surface area contributed by atoms with Gasteiger partial charge in [-0.3, -0.25) is 5.01 Å². The number of sulfonamides is 1. The zero-order chi connectivity index (χ0) is 24.7. The van der Waals surface area contributed by atoms with Gasteiger partial charge in [-0.1, -0.05) is 46.9 Å². The number of rotatable bonds is 6. The molecule has 1 unspecified atom stereocenters. The number of aryl methyl sites for hydroxylation is 1. The minimum Gasteiger partial charge on any atom is -0.256 e. The van der Waals surface area contributed by atoms with E-state index in [0.717, 1.165) is 20.8 Å². The van der Waals surface area contributed by atoms with Gasteiger partial charge in [0.15, 0.2) is 0 Å². The average Bonchev–Trinajstić information content (AvgIpc) is 3.40. The van der Waals surface area contributed by atoms with Gasteiger partial charge in [-0.15, -0.1) is 11.3 Å². The van der Waals surface area contributed by atoms with E-state index in [2.05, 4.69) is 9.71 Å². The maximum Gasteiger partial charge on any atom is 0.240 e. The molecule has 3 aromatic carbocycles. The predicted molar refractivity (Wildman–Crippen MR) is 145 cm³/mol. The molecule has 0 spiro atoms. The highest BCUT2D eigenvalue weighted by Crippen LogP contribution is 2.39.